The number of nitrogens with one attached hydrogen (secondary N) is 3. The molecule has 0 aromatic heterocycles. The molecular weight excluding hydrogens is 276 g/mol. The third kappa shape index (κ3) is 3.82. The molecule has 0 radical (unpaired) electrons. The predicted molar refractivity (Wildman–Crippen MR) is 70.5 cm³/mol. The van der Waals surface area contributed by atoms with Gasteiger partial charge in [0.1, 0.15) is 4.99 Å². The van der Waals surface area contributed by atoms with Crippen LogP contribution in [0.1, 0.15) is 5.56 Å². The minimum Gasteiger partial charge on any atom is -0.310 e. The van der Waals surface area contributed by atoms with Crippen molar-refractivity contribution in [1.82, 2.24) is 15.7 Å². The smallest absolute Gasteiger partial charge is 0.248 e. The summed E-state index contributed by atoms with van der Waals surface area (Å²) < 4.78 is 22.5. The van der Waals surface area contributed by atoms with E-state index in [0.29, 0.717) is 5.56 Å². The molecule has 1 rings (SSSR count). The number of carbonyl (C=O) groups is 1. The van der Waals surface area contributed by atoms with Crippen LogP contribution in [0.3, 0.4) is 0 Å². The van der Waals surface area contributed by atoms with Gasteiger partial charge in [0.2, 0.25) is 10.0 Å². The zero-order valence-corrected chi connectivity index (χ0v) is 10.8. The van der Waals surface area contributed by atoms with Crippen LogP contribution in [0.4, 0.5) is 0 Å². The fraction of sp³-hybridized carbons (Fsp3) is 0.111. The van der Waals surface area contributed by atoms with Crippen LogP contribution in [0.15, 0.2) is 30.3 Å². The minimum atomic E-state index is -3.96. The fourth-order valence-corrected chi connectivity index (χ4v) is 1.76. The molecule has 5 N–H and O–H groups in total. The molecule has 0 saturated carbocycles. The van der Waals surface area contributed by atoms with Gasteiger partial charge >= 0.3 is 0 Å². The van der Waals surface area contributed by atoms with Crippen LogP contribution in [-0.2, 0) is 14.8 Å². The molecule has 1 aromatic rings. The van der Waals surface area contributed by atoms with Gasteiger partial charge in [0.25, 0.3) is 0 Å². The number of rotatable bonds is 6. The van der Waals surface area contributed by atoms with E-state index in [4.69, 9.17) is 18.1 Å². The quantitative estimate of drug-likeness (QED) is 0.224. The van der Waals surface area contributed by atoms with Gasteiger partial charge in [0.15, 0.2) is 11.7 Å². The fourth-order valence-electron chi connectivity index (χ4n) is 1.06. The summed E-state index contributed by atoms with van der Waals surface area (Å²) in [6.07, 6.45) is 0.190. The van der Waals surface area contributed by atoms with Gasteiger partial charge in [-0.15, -0.1) is 0 Å². The second-order valence-corrected chi connectivity index (χ2v) is 5.43. The highest BCUT2D eigenvalue weighted by Crippen LogP contribution is 1.98. The summed E-state index contributed by atoms with van der Waals surface area (Å²) in [5, 5.41) is -1.54. The first kappa shape index (κ1) is 14.7. The van der Waals surface area contributed by atoms with E-state index in [0.717, 1.165) is 0 Å². The Bertz CT molecular complexity index is 518. The Balaban J connectivity index is 2.65. The van der Waals surface area contributed by atoms with Gasteiger partial charge in [-0.3, -0.25) is 5.84 Å². The van der Waals surface area contributed by atoms with Crippen molar-refractivity contribution in [3.8, 4) is 0 Å². The summed E-state index contributed by atoms with van der Waals surface area (Å²) in [5.74, 6) is 4.80. The lowest BCUT2D eigenvalue weighted by Gasteiger charge is -2.14. The summed E-state index contributed by atoms with van der Waals surface area (Å²) in [7, 11) is -3.96. The van der Waals surface area contributed by atoms with E-state index < -0.39 is 15.4 Å². The van der Waals surface area contributed by atoms with Gasteiger partial charge in [-0.1, -0.05) is 42.5 Å². The molecule has 1 aromatic carbocycles. The number of benzene rings is 1. The molecule has 0 amide bonds. The summed E-state index contributed by atoms with van der Waals surface area (Å²) in [5.41, 5.74) is 5.42. The number of hydrazine groups is 2. The minimum absolute atomic E-state index is 0.190. The lowest BCUT2D eigenvalue weighted by molar-refractivity contribution is -0.108. The Hall–Kier alpha value is -1.39. The SMILES string of the molecule is NNS(=O)(=O)C(C=O)NNC(=S)c1ccccc1. The monoisotopic (exact) mass is 288 g/mol. The van der Waals surface area contributed by atoms with E-state index >= 15 is 0 Å². The van der Waals surface area contributed by atoms with Crippen LogP contribution in [-0.4, -0.2) is 25.1 Å². The summed E-state index contributed by atoms with van der Waals surface area (Å²) >= 11 is 5.01. The van der Waals surface area contributed by atoms with Crippen LogP contribution in [0.2, 0.25) is 0 Å². The van der Waals surface area contributed by atoms with E-state index in [1.807, 2.05) is 6.07 Å². The standard InChI is InChI=1S/C9H12N4O3S2/c10-13-18(15,16)8(6-14)11-12-9(17)7-4-2-1-3-5-7/h1-6,8,11,13H,10H2,(H,12,17). The van der Waals surface area contributed by atoms with Crippen molar-refractivity contribution in [2.24, 2.45) is 5.84 Å². The molecule has 9 heteroatoms. The maximum atomic E-state index is 11.3. The molecular formula is C9H12N4O3S2. The first-order valence-corrected chi connectivity index (χ1v) is 6.74. The van der Waals surface area contributed by atoms with Crippen molar-refractivity contribution in [1.29, 1.82) is 0 Å². The molecule has 98 valence electrons. The highest BCUT2D eigenvalue weighted by molar-refractivity contribution is 7.90. The van der Waals surface area contributed by atoms with E-state index in [1.54, 1.807) is 29.1 Å². The van der Waals surface area contributed by atoms with Gasteiger partial charge in [-0.2, -0.15) is 4.83 Å². The zero-order chi connectivity index (χ0) is 13.6. The van der Waals surface area contributed by atoms with Crippen LogP contribution in [0.25, 0.3) is 0 Å². The molecule has 0 aliphatic carbocycles. The maximum absolute atomic E-state index is 11.3. The molecule has 0 heterocycles. The Kier molecular flexibility index (Phi) is 5.31. The van der Waals surface area contributed by atoms with Gasteiger partial charge in [0.05, 0.1) is 0 Å². The van der Waals surface area contributed by atoms with Crippen molar-refractivity contribution in [2.45, 2.75) is 5.37 Å². The molecule has 0 aliphatic rings. The molecule has 1 atom stereocenters. The van der Waals surface area contributed by atoms with Gasteiger partial charge < -0.3 is 10.2 Å². The number of thiocarbonyl (C=S) groups is 1. The van der Waals surface area contributed by atoms with Crippen molar-refractivity contribution in [3.63, 3.8) is 0 Å². The Labute approximate surface area is 110 Å². The number of nitrogens with two attached hydrogens (primary N) is 1. The molecule has 0 spiro atoms. The number of hydrogen-bond donors (Lipinski definition) is 4. The number of hydrogen-bond acceptors (Lipinski definition) is 6. The van der Waals surface area contributed by atoms with Crippen molar-refractivity contribution in [2.75, 3.05) is 0 Å². The Morgan fingerprint density at radius 1 is 1.33 bits per heavy atom. The van der Waals surface area contributed by atoms with Gasteiger partial charge in [-0.05, 0) is 0 Å². The van der Waals surface area contributed by atoms with Crippen molar-refractivity contribution >= 4 is 33.5 Å². The molecule has 0 aliphatic heterocycles. The number of sulfonamides is 1. The number of carbonyl (C=O) groups excluding carboxylic acids is 1. The third-order valence-electron chi connectivity index (χ3n) is 1.99. The Morgan fingerprint density at radius 2 is 1.94 bits per heavy atom. The number of aldehydes is 1. The Morgan fingerprint density at radius 3 is 2.44 bits per heavy atom. The summed E-state index contributed by atoms with van der Waals surface area (Å²) in [6.45, 7) is 0. The topological polar surface area (TPSA) is 113 Å². The van der Waals surface area contributed by atoms with Crippen LogP contribution in [0.5, 0.6) is 0 Å². The predicted octanol–water partition coefficient (Wildman–Crippen LogP) is -1.23. The molecule has 0 bridgehead atoms. The average molecular weight is 288 g/mol. The highest BCUT2D eigenvalue weighted by Gasteiger charge is 2.23. The van der Waals surface area contributed by atoms with Gasteiger partial charge in [-0.25, -0.2) is 13.8 Å². The molecule has 1 unspecified atom stereocenters. The molecule has 0 fully saturated rings. The second-order valence-electron chi connectivity index (χ2n) is 3.18. The van der Waals surface area contributed by atoms with E-state index in [1.165, 1.54) is 0 Å². The lowest BCUT2D eigenvalue weighted by Crippen LogP contribution is -2.53. The van der Waals surface area contributed by atoms with E-state index in [2.05, 4.69) is 10.9 Å². The van der Waals surface area contributed by atoms with E-state index in [9.17, 15) is 13.2 Å². The molecule has 0 saturated heterocycles. The first-order chi connectivity index (χ1) is 8.51. The largest absolute Gasteiger partial charge is 0.310 e. The summed E-state index contributed by atoms with van der Waals surface area (Å²) in [6, 6.07) is 8.85. The highest BCUT2D eigenvalue weighted by atomic mass is 32.2. The van der Waals surface area contributed by atoms with Crippen molar-refractivity contribution < 1.29 is 13.2 Å². The molecule has 18 heavy (non-hydrogen) atoms. The molecule has 7 nitrogen and oxygen atoms in total. The summed E-state index contributed by atoms with van der Waals surface area (Å²) in [4.78, 5) is 12.4. The van der Waals surface area contributed by atoms with Crippen LogP contribution in [0, 0.1) is 0 Å². The maximum Gasteiger partial charge on any atom is 0.248 e. The van der Waals surface area contributed by atoms with Crippen LogP contribution >= 0.6 is 12.2 Å². The first-order valence-electron chi connectivity index (χ1n) is 4.78. The van der Waals surface area contributed by atoms with Crippen LogP contribution < -0.4 is 21.5 Å². The van der Waals surface area contributed by atoms with Gasteiger partial charge in [0, 0.05) is 5.56 Å². The average Bonchev–Trinajstić information content (AvgIpc) is 2.40. The zero-order valence-electron chi connectivity index (χ0n) is 9.16. The van der Waals surface area contributed by atoms with E-state index in [-0.39, 0.29) is 11.3 Å². The third-order valence-corrected chi connectivity index (χ3v) is 3.55. The lowest BCUT2D eigenvalue weighted by atomic mass is 10.2. The normalized spacial score (nSPS) is 12.7. The second kappa shape index (κ2) is 6.52. The van der Waals surface area contributed by atoms with Crippen molar-refractivity contribution in [3.05, 3.63) is 35.9 Å².